The molecule has 1 N–H and O–H groups in total. The van der Waals surface area contributed by atoms with Crippen LogP contribution in [0.25, 0.3) is 0 Å². The summed E-state index contributed by atoms with van der Waals surface area (Å²) in [5.41, 5.74) is 1.90. The summed E-state index contributed by atoms with van der Waals surface area (Å²) in [5.74, 6) is 0.156. The van der Waals surface area contributed by atoms with E-state index < -0.39 is 5.91 Å². The predicted molar refractivity (Wildman–Crippen MR) is 110 cm³/mol. The highest BCUT2D eigenvalue weighted by molar-refractivity contribution is 6.02. The lowest BCUT2D eigenvalue weighted by Crippen LogP contribution is -2.27. The molecule has 0 aliphatic rings. The molecule has 2 heterocycles. The van der Waals surface area contributed by atoms with E-state index in [0.29, 0.717) is 18.9 Å². The third-order valence-corrected chi connectivity index (χ3v) is 4.41. The summed E-state index contributed by atoms with van der Waals surface area (Å²) in [4.78, 5) is 24.8. The molecule has 0 spiro atoms. The second-order valence-electron chi connectivity index (χ2n) is 6.51. The molecule has 0 saturated carbocycles. The average Bonchev–Trinajstić information content (AvgIpc) is 3.17. The van der Waals surface area contributed by atoms with E-state index in [1.54, 1.807) is 16.9 Å². The van der Waals surface area contributed by atoms with Crippen LogP contribution in [-0.4, -0.2) is 25.5 Å². The lowest BCUT2D eigenvalue weighted by molar-refractivity contribution is 0.101. The van der Waals surface area contributed by atoms with E-state index in [-0.39, 0.29) is 11.3 Å². The Balaban J connectivity index is 1.52. The van der Waals surface area contributed by atoms with Gasteiger partial charge in [0.2, 0.25) is 0 Å². The fourth-order valence-electron chi connectivity index (χ4n) is 2.94. The van der Waals surface area contributed by atoms with Gasteiger partial charge in [0.25, 0.3) is 11.5 Å². The molecule has 2 aromatic carbocycles. The molecule has 4 rings (SSSR count). The summed E-state index contributed by atoms with van der Waals surface area (Å²) in [6, 6.07) is 23.9. The molecule has 4 aromatic rings. The maximum Gasteiger partial charge on any atom is 0.277 e. The summed E-state index contributed by atoms with van der Waals surface area (Å²) in [6.07, 6.45) is 1.63. The van der Waals surface area contributed by atoms with Crippen LogP contribution in [0.5, 0.6) is 0 Å². The topological polar surface area (TPSA) is 81.8 Å². The van der Waals surface area contributed by atoms with Crippen molar-refractivity contribution in [1.29, 1.82) is 0 Å². The summed E-state index contributed by atoms with van der Waals surface area (Å²) in [6.45, 7) is 0.830. The first-order valence-electron chi connectivity index (χ1n) is 9.18. The van der Waals surface area contributed by atoms with E-state index >= 15 is 0 Å². The van der Waals surface area contributed by atoms with Gasteiger partial charge in [-0.1, -0.05) is 60.7 Å². The van der Waals surface area contributed by atoms with E-state index in [0.717, 1.165) is 11.1 Å². The van der Waals surface area contributed by atoms with Gasteiger partial charge in [-0.05, 0) is 17.2 Å². The number of hydrogen-bond acceptors (Lipinski definition) is 4. The normalized spacial score (nSPS) is 10.6. The van der Waals surface area contributed by atoms with Gasteiger partial charge in [0.1, 0.15) is 11.5 Å². The Morgan fingerprint density at radius 3 is 2.07 bits per heavy atom. The van der Waals surface area contributed by atoms with Gasteiger partial charge in [-0.3, -0.25) is 9.59 Å². The molecule has 144 valence electrons. The number of benzene rings is 2. The quantitative estimate of drug-likeness (QED) is 0.553. The largest absolute Gasteiger partial charge is 0.305 e. The van der Waals surface area contributed by atoms with E-state index in [9.17, 15) is 9.59 Å². The van der Waals surface area contributed by atoms with Gasteiger partial charge in [0.15, 0.2) is 0 Å². The molecule has 0 aliphatic heterocycles. The number of rotatable bonds is 6. The minimum Gasteiger partial charge on any atom is -0.305 e. The Kier molecular flexibility index (Phi) is 5.29. The maximum atomic E-state index is 12.7. The number of anilines is 1. The van der Waals surface area contributed by atoms with Crippen molar-refractivity contribution in [3.8, 4) is 0 Å². The minimum atomic E-state index is -0.401. The highest BCUT2D eigenvalue weighted by Gasteiger charge is 2.13. The molecule has 2 aromatic heterocycles. The molecule has 0 unspecified atom stereocenters. The highest BCUT2D eigenvalue weighted by Crippen LogP contribution is 2.11. The number of carbonyl (C=O) groups excluding carboxylic acids is 1. The van der Waals surface area contributed by atoms with Crippen molar-refractivity contribution in [3.63, 3.8) is 0 Å². The van der Waals surface area contributed by atoms with Crippen LogP contribution in [0.4, 0.5) is 5.82 Å². The van der Waals surface area contributed by atoms with Crippen LogP contribution in [0.2, 0.25) is 0 Å². The Labute approximate surface area is 167 Å². The molecule has 0 atom stereocenters. The summed E-state index contributed by atoms with van der Waals surface area (Å²) < 4.78 is 2.98. The van der Waals surface area contributed by atoms with E-state index in [1.807, 2.05) is 60.7 Å². The van der Waals surface area contributed by atoms with E-state index in [4.69, 9.17) is 0 Å². The molecule has 0 bridgehead atoms. The highest BCUT2D eigenvalue weighted by atomic mass is 16.2. The zero-order valence-electron chi connectivity index (χ0n) is 15.6. The summed E-state index contributed by atoms with van der Waals surface area (Å²) in [5, 5.41) is 11.3. The van der Waals surface area contributed by atoms with Crippen molar-refractivity contribution >= 4 is 11.7 Å². The molecular formula is C22H19N5O2. The molecular weight excluding hydrogens is 366 g/mol. The van der Waals surface area contributed by atoms with E-state index in [2.05, 4.69) is 15.5 Å². The van der Waals surface area contributed by atoms with Crippen LogP contribution in [0.3, 0.4) is 0 Å². The SMILES string of the molecule is O=C(Nc1ccnn1Cc1ccccc1)c1ccc(=O)n(Cc2ccccc2)n1. The number of hydrogen-bond donors (Lipinski definition) is 1. The molecule has 7 heteroatoms. The van der Waals surface area contributed by atoms with Gasteiger partial charge in [-0.25, -0.2) is 9.36 Å². The number of aromatic nitrogens is 4. The maximum absolute atomic E-state index is 12.7. The molecule has 0 aliphatic carbocycles. The van der Waals surface area contributed by atoms with Crippen molar-refractivity contribution in [2.75, 3.05) is 5.32 Å². The van der Waals surface area contributed by atoms with Crippen molar-refractivity contribution in [2.45, 2.75) is 13.1 Å². The van der Waals surface area contributed by atoms with Crippen LogP contribution in [0.1, 0.15) is 21.6 Å². The fraction of sp³-hybridized carbons (Fsp3) is 0.0909. The van der Waals surface area contributed by atoms with Crippen molar-refractivity contribution in [1.82, 2.24) is 19.6 Å². The van der Waals surface area contributed by atoms with Gasteiger partial charge >= 0.3 is 0 Å². The number of carbonyl (C=O) groups is 1. The van der Waals surface area contributed by atoms with Gasteiger partial charge in [0, 0.05) is 12.1 Å². The predicted octanol–water partition coefficient (Wildman–Crippen LogP) is 2.79. The zero-order chi connectivity index (χ0) is 20.1. The summed E-state index contributed by atoms with van der Waals surface area (Å²) >= 11 is 0. The summed E-state index contributed by atoms with van der Waals surface area (Å²) in [7, 11) is 0. The first-order valence-corrected chi connectivity index (χ1v) is 9.18. The third-order valence-electron chi connectivity index (χ3n) is 4.41. The van der Waals surface area contributed by atoms with Crippen molar-refractivity contribution < 1.29 is 4.79 Å². The number of nitrogens with zero attached hydrogens (tertiary/aromatic N) is 4. The monoisotopic (exact) mass is 385 g/mol. The molecule has 7 nitrogen and oxygen atoms in total. The van der Waals surface area contributed by atoms with Crippen molar-refractivity contribution in [3.05, 3.63) is 112 Å². The minimum absolute atomic E-state index is 0.160. The smallest absolute Gasteiger partial charge is 0.277 e. The van der Waals surface area contributed by atoms with E-state index in [1.165, 1.54) is 16.8 Å². The Morgan fingerprint density at radius 1 is 0.793 bits per heavy atom. The Hall–Kier alpha value is -4.00. The van der Waals surface area contributed by atoms with Gasteiger partial charge in [0.05, 0.1) is 19.3 Å². The average molecular weight is 385 g/mol. The van der Waals surface area contributed by atoms with Gasteiger partial charge < -0.3 is 5.32 Å². The Morgan fingerprint density at radius 2 is 1.41 bits per heavy atom. The van der Waals surface area contributed by atoms with Crippen LogP contribution >= 0.6 is 0 Å². The van der Waals surface area contributed by atoms with Crippen LogP contribution in [-0.2, 0) is 13.1 Å². The van der Waals surface area contributed by atoms with Crippen LogP contribution < -0.4 is 10.9 Å². The second kappa shape index (κ2) is 8.35. The zero-order valence-corrected chi connectivity index (χ0v) is 15.6. The van der Waals surface area contributed by atoms with Crippen LogP contribution in [0, 0.1) is 0 Å². The van der Waals surface area contributed by atoms with Gasteiger partial charge in [-0.15, -0.1) is 0 Å². The molecule has 0 fully saturated rings. The third kappa shape index (κ3) is 4.47. The molecule has 0 saturated heterocycles. The molecule has 1 amide bonds. The molecule has 29 heavy (non-hydrogen) atoms. The number of nitrogens with one attached hydrogen (secondary N) is 1. The van der Waals surface area contributed by atoms with Crippen molar-refractivity contribution in [2.24, 2.45) is 0 Å². The standard InChI is InChI=1S/C22H19N5O2/c28-21-12-11-19(25-27(21)16-18-9-5-2-6-10-18)22(29)24-20-13-14-23-26(20)15-17-7-3-1-4-8-17/h1-14H,15-16H2,(H,24,29). The second-order valence-corrected chi connectivity index (χ2v) is 6.51. The van der Waals surface area contributed by atoms with Crippen LogP contribution in [0.15, 0.2) is 89.9 Å². The Bertz CT molecular complexity index is 1170. The molecule has 0 radical (unpaired) electrons. The lowest BCUT2D eigenvalue weighted by atomic mass is 10.2. The first kappa shape index (κ1) is 18.4. The lowest BCUT2D eigenvalue weighted by Gasteiger charge is -2.10. The fourth-order valence-corrected chi connectivity index (χ4v) is 2.94. The first-order chi connectivity index (χ1) is 14.2. The van der Waals surface area contributed by atoms with Gasteiger partial charge in [-0.2, -0.15) is 10.2 Å². The number of amides is 1.